The lowest BCUT2D eigenvalue weighted by atomic mass is 10.3. The Balaban J connectivity index is 3.82. The number of carboxylic acid groups (broad SMARTS) is 1. The molecule has 0 radical (unpaired) electrons. The van der Waals surface area contributed by atoms with Gasteiger partial charge in [-0.05, 0) is 0 Å². The van der Waals surface area contributed by atoms with Crippen LogP contribution in [0.3, 0.4) is 0 Å². The predicted molar refractivity (Wildman–Crippen MR) is 56.1 cm³/mol. The number of nitrogens with one attached hydrogen (secondary N) is 1. The lowest BCUT2D eigenvalue weighted by Crippen LogP contribution is -2.36. The lowest BCUT2D eigenvalue weighted by Gasteiger charge is -2.18. The SMILES string of the molecule is COCCN(CCC(=O)NCOC)C(=O)O. The first-order valence-electron chi connectivity index (χ1n) is 4.84. The maximum absolute atomic E-state index is 11.2. The predicted octanol–water partition coefficient (Wildman–Crippen LogP) is -0.277. The third kappa shape index (κ3) is 7.02. The van der Waals surface area contributed by atoms with Gasteiger partial charge in [0.1, 0.15) is 6.73 Å². The van der Waals surface area contributed by atoms with Gasteiger partial charge in [0, 0.05) is 33.7 Å². The van der Waals surface area contributed by atoms with E-state index < -0.39 is 6.09 Å². The fourth-order valence-corrected chi connectivity index (χ4v) is 0.982. The average Bonchev–Trinajstić information content (AvgIpc) is 2.25. The van der Waals surface area contributed by atoms with Crippen LogP contribution in [-0.4, -0.2) is 62.7 Å². The molecule has 0 aliphatic heterocycles. The van der Waals surface area contributed by atoms with Crippen LogP contribution in [0.4, 0.5) is 4.79 Å². The van der Waals surface area contributed by atoms with Gasteiger partial charge in [-0.25, -0.2) is 4.79 Å². The molecule has 16 heavy (non-hydrogen) atoms. The molecule has 0 aliphatic carbocycles. The molecular formula is C9H18N2O5. The zero-order valence-corrected chi connectivity index (χ0v) is 9.56. The Kier molecular flexibility index (Phi) is 8.18. The highest BCUT2D eigenvalue weighted by Crippen LogP contribution is 1.93. The topological polar surface area (TPSA) is 88.1 Å². The summed E-state index contributed by atoms with van der Waals surface area (Å²) < 4.78 is 9.42. The molecule has 0 fully saturated rings. The van der Waals surface area contributed by atoms with Gasteiger partial charge < -0.3 is 24.8 Å². The number of hydrogen-bond donors (Lipinski definition) is 2. The summed E-state index contributed by atoms with van der Waals surface area (Å²) in [6, 6.07) is 0. The molecule has 0 aromatic carbocycles. The van der Waals surface area contributed by atoms with E-state index in [0.29, 0.717) is 6.61 Å². The van der Waals surface area contributed by atoms with Crippen molar-refractivity contribution < 1.29 is 24.2 Å². The molecule has 0 heterocycles. The van der Waals surface area contributed by atoms with E-state index in [1.807, 2.05) is 0 Å². The Bertz CT molecular complexity index is 222. The summed E-state index contributed by atoms with van der Waals surface area (Å²) >= 11 is 0. The molecular weight excluding hydrogens is 216 g/mol. The molecule has 0 saturated carbocycles. The molecule has 0 unspecified atom stereocenters. The number of hydrogen-bond acceptors (Lipinski definition) is 4. The number of carbonyl (C=O) groups excluding carboxylic acids is 1. The van der Waals surface area contributed by atoms with E-state index in [1.165, 1.54) is 14.2 Å². The summed E-state index contributed by atoms with van der Waals surface area (Å²) in [5.74, 6) is -0.245. The second-order valence-corrected chi connectivity index (χ2v) is 3.05. The first kappa shape index (κ1) is 14.7. The summed E-state index contributed by atoms with van der Waals surface area (Å²) in [6.45, 7) is 0.841. The van der Waals surface area contributed by atoms with Gasteiger partial charge in [0.2, 0.25) is 5.91 Å². The molecule has 2 N–H and O–H groups in total. The Morgan fingerprint density at radius 1 is 1.25 bits per heavy atom. The van der Waals surface area contributed by atoms with Gasteiger partial charge >= 0.3 is 6.09 Å². The summed E-state index contributed by atoms with van der Waals surface area (Å²) in [5.41, 5.74) is 0. The van der Waals surface area contributed by atoms with Crippen molar-refractivity contribution in [3.8, 4) is 0 Å². The van der Waals surface area contributed by atoms with Gasteiger partial charge in [-0.2, -0.15) is 0 Å². The van der Waals surface area contributed by atoms with E-state index in [-0.39, 0.29) is 32.1 Å². The fourth-order valence-electron chi connectivity index (χ4n) is 0.982. The van der Waals surface area contributed by atoms with E-state index in [2.05, 4.69) is 10.1 Å². The minimum atomic E-state index is -1.06. The van der Waals surface area contributed by atoms with Crippen LogP contribution in [-0.2, 0) is 14.3 Å². The van der Waals surface area contributed by atoms with Gasteiger partial charge in [0.05, 0.1) is 6.61 Å². The van der Waals surface area contributed by atoms with Crippen LogP contribution in [0, 0.1) is 0 Å². The molecule has 0 aromatic rings. The van der Waals surface area contributed by atoms with Gasteiger partial charge in [-0.1, -0.05) is 0 Å². The Labute approximate surface area is 94.3 Å². The summed E-state index contributed by atoms with van der Waals surface area (Å²) in [6.07, 6.45) is -0.948. The maximum atomic E-state index is 11.2. The van der Waals surface area contributed by atoms with Crippen LogP contribution >= 0.6 is 0 Å². The number of amides is 2. The molecule has 0 spiro atoms. The molecule has 0 aliphatic rings. The highest BCUT2D eigenvalue weighted by Gasteiger charge is 2.12. The molecule has 7 nitrogen and oxygen atoms in total. The fraction of sp³-hybridized carbons (Fsp3) is 0.778. The molecule has 0 atom stereocenters. The quantitative estimate of drug-likeness (QED) is 0.564. The summed E-state index contributed by atoms with van der Waals surface area (Å²) in [5, 5.41) is 11.3. The minimum absolute atomic E-state index is 0.110. The van der Waals surface area contributed by atoms with E-state index >= 15 is 0 Å². The van der Waals surface area contributed by atoms with Crippen LogP contribution in [0.25, 0.3) is 0 Å². The maximum Gasteiger partial charge on any atom is 0.407 e. The first-order valence-corrected chi connectivity index (χ1v) is 4.84. The highest BCUT2D eigenvalue weighted by molar-refractivity contribution is 5.76. The van der Waals surface area contributed by atoms with Crippen molar-refractivity contribution in [2.45, 2.75) is 6.42 Å². The van der Waals surface area contributed by atoms with Crippen molar-refractivity contribution in [3.05, 3.63) is 0 Å². The van der Waals surface area contributed by atoms with Crippen LogP contribution in [0.1, 0.15) is 6.42 Å². The smallest absolute Gasteiger partial charge is 0.407 e. The summed E-state index contributed by atoms with van der Waals surface area (Å²) in [7, 11) is 2.95. The van der Waals surface area contributed by atoms with Gasteiger partial charge in [-0.15, -0.1) is 0 Å². The number of carbonyl (C=O) groups is 2. The molecule has 0 bridgehead atoms. The van der Waals surface area contributed by atoms with Gasteiger partial charge in [0.25, 0.3) is 0 Å². The second kappa shape index (κ2) is 8.93. The zero-order valence-electron chi connectivity index (χ0n) is 9.56. The van der Waals surface area contributed by atoms with Crippen molar-refractivity contribution in [2.75, 3.05) is 40.6 Å². The lowest BCUT2D eigenvalue weighted by molar-refractivity contribution is -0.122. The van der Waals surface area contributed by atoms with E-state index in [0.717, 1.165) is 4.90 Å². The summed E-state index contributed by atoms with van der Waals surface area (Å²) in [4.78, 5) is 23.0. The van der Waals surface area contributed by atoms with Crippen molar-refractivity contribution in [1.29, 1.82) is 0 Å². The van der Waals surface area contributed by atoms with E-state index in [1.54, 1.807) is 0 Å². The molecule has 2 amide bonds. The Hall–Kier alpha value is -1.34. The van der Waals surface area contributed by atoms with Crippen molar-refractivity contribution in [1.82, 2.24) is 10.2 Å². The van der Waals surface area contributed by atoms with E-state index in [4.69, 9.17) is 9.84 Å². The van der Waals surface area contributed by atoms with Crippen molar-refractivity contribution in [3.63, 3.8) is 0 Å². The first-order chi connectivity index (χ1) is 7.61. The number of rotatable bonds is 8. The second-order valence-electron chi connectivity index (χ2n) is 3.05. The number of ether oxygens (including phenoxy) is 2. The number of nitrogens with zero attached hydrogens (tertiary/aromatic N) is 1. The van der Waals surface area contributed by atoms with Crippen LogP contribution in [0.5, 0.6) is 0 Å². The van der Waals surface area contributed by atoms with Crippen LogP contribution in [0.15, 0.2) is 0 Å². The Morgan fingerprint density at radius 2 is 1.94 bits per heavy atom. The average molecular weight is 234 g/mol. The molecule has 0 saturated heterocycles. The number of methoxy groups -OCH3 is 2. The normalized spacial score (nSPS) is 9.88. The minimum Gasteiger partial charge on any atom is -0.465 e. The van der Waals surface area contributed by atoms with Crippen LogP contribution in [0.2, 0.25) is 0 Å². The molecule has 0 aromatic heterocycles. The van der Waals surface area contributed by atoms with Crippen LogP contribution < -0.4 is 5.32 Å². The standard InChI is InChI=1S/C9H18N2O5/c1-15-6-5-11(9(13)14)4-3-8(12)10-7-16-2/h3-7H2,1-2H3,(H,10,12)(H,13,14). The van der Waals surface area contributed by atoms with Gasteiger partial charge in [-0.3, -0.25) is 4.79 Å². The van der Waals surface area contributed by atoms with Crippen molar-refractivity contribution >= 4 is 12.0 Å². The molecule has 7 heteroatoms. The van der Waals surface area contributed by atoms with E-state index in [9.17, 15) is 9.59 Å². The molecule has 0 rings (SSSR count). The van der Waals surface area contributed by atoms with Gasteiger partial charge in [0.15, 0.2) is 0 Å². The largest absolute Gasteiger partial charge is 0.465 e. The highest BCUT2D eigenvalue weighted by atomic mass is 16.5. The third-order valence-corrected chi connectivity index (χ3v) is 1.86. The Morgan fingerprint density at radius 3 is 2.44 bits per heavy atom. The molecule has 94 valence electrons. The van der Waals surface area contributed by atoms with Crippen molar-refractivity contribution in [2.24, 2.45) is 0 Å². The third-order valence-electron chi connectivity index (χ3n) is 1.86. The monoisotopic (exact) mass is 234 g/mol. The zero-order chi connectivity index (χ0) is 12.4.